The molecule has 1 unspecified atom stereocenters. The van der Waals surface area contributed by atoms with E-state index >= 15 is 0 Å². The molecule has 5 nitrogen and oxygen atoms in total. The van der Waals surface area contributed by atoms with Gasteiger partial charge in [0.1, 0.15) is 11.5 Å². The number of ketones is 1. The van der Waals surface area contributed by atoms with Crippen LogP contribution < -0.4 is 4.74 Å². The van der Waals surface area contributed by atoms with Crippen LogP contribution in [0.1, 0.15) is 73.7 Å². The number of halogens is 1. The number of amides is 1. The first-order chi connectivity index (χ1) is 15.7. The minimum atomic E-state index is -0.644. The summed E-state index contributed by atoms with van der Waals surface area (Å²) in [5.74, 6) is -0.435. The smallest absolute Gasteiger partial charge is 0.295 e. The van der Waals surface area contributed by atoms with Crippen LogP contribution in [0.5, 0.6) is 5.75 Å². The third-order valence-corrected chi connectivity index (χ3v) is 7.09. The number of ether oxygens (including phenoxy) is 1. The highest BCUT2D eigenvalue weighted by Gasteiger charge is 2.49. The lowest BCUT2D eigenvalue weighted by Crippen LogP contribution is -2.37. The number of nitrogens with zero attached hydrogens (tertiary/aromatic N) is 1. The molecule has 6 heteroatoms. The number of carbonyl (C=O) groups excluding carboxylic acids is 2. The fourth-order valence-electron chi connectivity index (χ4n) is 5.11. The van der Waals surface area contributed by atoms with Gasteiger partial charge in [-0.1, -0.05) is 50.4 Å². The molecule has 0 bridgehead atoms. The second-order valence-corrected chi connectivity index (χ2v) is 9.70. The number of benzene rings is 2. The van der Waals surface area contributed by atoms with Crippen molar-refractivity contribution in [3.8, 4) is 5.75 Å². The summed E-state index contributed by atoms with van der Waals surface area (Å²) in [7, 11) is 1.62. The fraction of sp³-hybridized carbons (Fsp3) is 0.407. The van der Waals surface area contributed by atoms with Crippen molar-refractivity contribution in [3.63, 3.8) is 0 Å². The van der Waals surface area contributed by atoms with Crippen LogP contribution in [0, 0.1) is 6.92 Å². The minimum absolute atomic E-state index is 0.0179. The van der Waals surface area contributed by atoms with Crippen LogP contribution in [0.4, 0.5) is 0 Å². The van der Waals surface area contributed by atoms with E-state index in [0.29, 0.717) is 10.6 Å². The molecule has 4 rings (SSSR count). The van der Waals surface area contributed by atoms with E-state index in [2.05, 4.69) is 0 Å². The maximum atomic E-state index is 13.3. The van der Waals surface area contributed by atoms with Crippen LogP contribution in [0.2, 0.25) is 5.02 Å². The molecule has 1 saturated heterocycles. The highest BCUT2D eigenvalue weighted by Crippen LogP contribution is 2.44. The average molecular weight is 468 g/mol. The third kappa shape index (κ3) is 4.15. The van der Waals surface area contributed by atoms with Gasteiger partial charge in [0.2, 0.25) is 0 Å². The van der Waals surface area contributed by atoms with E-state index in [1.54, 1.807) is 24.1 Å². The molecule has 1 atom stereocenters. The van der Waals surface area contributed by atoms with Gasteiger partial charge >= 0.3 is 0 Å². The van der Waals surface area contributed by atoms with Crippen molar-refractivity contribution in [2.75, 3.05) is 7.11 Å². The van der Waals surface area contributed by atoms with Gasteiger partial charge in [-0.05, 0) is 66.6 Å². The quantitative estimate of drug-likeness (QED) is 0.325. The number of carbonyl (C=O) groups is 2. The van der Waals surface area contributed by atoms with Gasteiger partial charge in [0.15, 0.2) is 0 Å². The third-order valence-electron chi connectivity index (χ3n) is 6.84. The first kappa shape index (κ1) is 23.4. The summed E-state index contributed by atoms with van der Waals surface area (Å²) in [5.41, 5.74) is 3.15. The van der Waals surface area contributed by atoms with Gasteiger partial charge in [0.05, 0.1) is 18.7 Å². The van der Waals surface area contributed by atoms with Crippen molar-refractivity contribution in [1.29, 1.82) is 0 Å². The Morgan fingerprint density at radius 3 is 2.33 bits per heavy atom. The number of Topliss-reactive ketones (excluding diaryl/α,β-unsaturated/α-hetero) is 1. The first-order valence-electron chi connectivity index (χ1n) is 11.5. The van der Waals surface area contributed by atoms with E-state index in [1.807, 2.05) is 45.0 Å². The Hall–Kier alpha value is -2.79. The van der Waals surface area contributed by atoms with Crippen LogP contribution in [0.3, 0.4) is 0 Å². The normalized spacial score (nSPS) is 20.8. The molecular formula is C27H30ClNO4. The number of rotatable bonds is 5. The summed E-state index contributed by atoms with van der Waals surface area (Å²) in [6.07, 6.45) is 3.76. The summed E-state index contributed by atoms with van der Waals surface area (Å²) < 4.78 is 5.53. The molecule has 1 saturated carbocycles. The Morgan fingerprint density at radius 1 is 1.12 bits per heavy atom. The van der Waals surface area contributed by atoms with Gasteiger partial charge in [0.25, 0.3) is 11.7 Å². The molecule has 0 radical (unpaired) electrons. The van der Waals surface area contributed by atoms with Gasteiger partial charge in [0, 0.05) is 16.6 Å². The van der Waals surface area contributed by atoms with Gasteiger partial charge in [-0.25, -0.2) is 0 Å². The Bertz CT molecular complexity index is 1110. The van der Waals surface area contributed by atoms with Crippen molar-refractivity contribution in [1.82, 2.24) is 4.90 Å². The monoisotopic (exact) mass is 467 g/mol. The molecule has 2 fully saturated rings. The first-order valence-corrected chi connectivity index (χ1v) is 11.9. The molecule has 2 aromatic carbocycles. The van der Waals surface area contributed by atoms with E-state index in [0.717, 1.165) is 48.1 Å². The van der Waals surface area contributed by atoms with Crippen LogP contribution in [-0.2, 0) is 9.59 Å². The predicted molar refractivity (Wildman–Crippen MR) is 130 cm³/mol. The Labute approximate surface area is 200 Å². The molecule has 174 valence electrons. The highest BCUT2D eigenvalue weighted by molar-refractivity contribution is 6.46. The zero-order chi connectivity index (χ0) is 23.9. The van der Waals surface area contributed by atoms with E-state index < -0.39 is 17.7 Å². The van der Waals surface area contributed by atoms with E-state index in [1.165, 1.54) is 0 Å². The number of aliphatic hydroxyl groups excluding tert-OH is 1. The SMILES string of the molecule is COc1cc(C)c(/C(O)=C2\C(=O)C(=O)N(C3CCCC3)C2c2ccc(Cl)cc2)cc1C(C)C. The number of hydrogen-bond acceptors (Lipinski definition) is 4. The lowest BCUT2D eigenvalue weighted by atomic mass is 9.91. The fourth-order valence-corrected chi connectivity index (χ4v) is 5.23. The Kier molecular flexibility index (Phi) is 6.53. The molecule has 33 heavy (non-hydrogen) atoms. The van der Waals surface area contributed by atoms with Crippen LogP contribution >= 0.6 is 11.6 Å². The highest BCUT2D eigenvalue weighted by atomic mass is 35.5. The summed E-state index contributed by atoms with van der Waals surface area (Å²) >= 11 is 6.11. The van der Waals surface area contributed by atoms with Crippen LogP contribution in [0.15, 0.2) is 42.0 Å². The predicted octanol–water partition coefficient (Wildman–Crippen LogP) is 6.14. The molecule has 0 aromatic heterocycles. The minimum Gasteiger partial charge on any atom is -0.507 e. The van der Waals surface area contributed by atoms with Crippen molar-refractivity contribution < 1.29 is 19.4 Å². The number of aliphatic hydroxyl groups is 1. The lowest BCUT2D eigenvalue weighted by molar-refractivity contribution is -0.141. The summed E-state index contributed by atoms with van der Waals surface area (Å²) in [6, 6.07) is 10.2. The largest absolute Gasteiger partial charge is 0.507 e. The number of methoxy groups -OCH3 is 1. The second-order valence-electron chi connectivity index (χ2n) is 9.26. The molecule has 1 amide bonds. The molecule has 2 aliphatic rings. The van der Waals surface area contributed by atoms with Crippen molar-refractivity contribution in [2.45, 2.75) is 64.5 Å². The van der Waals surface area contributed by atoms with E-state index in [4.69, 9.17) is 16.3 Å². The molecule has 1 aliphatic carbocycles. The zero-order valence-corrected chi connectivity index (χ0v) is 20.3. The van der Waals surface area contributed by atoms with Crippen molar-refractivity contribution >= 4 is 29.1 Å². The molecule has 1 aliphatic heterocycles. The topological polar surface area (TPSA) is 66.8 Å². The second kappa shape index (κ2) is 9.22. The van der Waals surface area contributed by atoms with Gasteiger partial charge in [-0.15, -0.1) is 0 Å². The molecule has 1 N–H and O–H groups in total. The molecule has 2 aromatic rings. The Morgan fingerprint density at radius 2 is 1.76 bits per heavy atom. The maximum absolute atomic E-state index is 13.3. The zero-order valence-electron chi connectivity index (χ0n) is 19.5. The standard InChI is InChI=1S/C27H30ClNO4/c1-15(2)20-14-21(16(3)13-22(20)33-4)25(30)23-24(17-9-11-18(28)12-10-17)29(27(32)26(23)31)19-7-5-6-8-19/h9-15,19,24,30H,5-8H2,1-4H3/b25-23+. The van der Waals surface area contributed by atoms with Crippen LogP contribution in [0.25, 0.3) is 5.76 Å². The summed E-state index contributed by atoms with van der Waals surface area (Å²) in [6.45, 7) is 5.96. The average Bonchev–Trinajstić information content (AvgIpc) is 3.40. The van der Waals surface area contributed by atoms with Crippen LogP contribution in [-0.4, -0.2) is 34.8 Å². The number of likely N-dealkylation sites (tertiary alicyclic amines) is 1. The maximum Gasteiger partial charge on any atom is 0.295 e. The van der Waals surface area contributed by atoms with Gasteiger partial charge in [-0.3, -0.25) is 9.59 Å². The summed E-state index contributed by atoms with van der Waals surface area (Å²) in [4.78, 5) is 28.3. The molecule has 0 spiro atoms. The van der Waals surface area contributed by atoms with E-state index in [-0.39, 0.29) is 23.3 Å². The molecule has 1 heterocycles. The number of hydrogen-bond donors (Lipinski definition) is 1. The van der Waals surface area contributed by atoms with Crippen molar-refractivity contribution in [2.24, 2.45) is 0 Å². The van der Waals surface area contributed by atoms with E-state index in [9.17, 15) is 14.7 Å². The lowest BCUT2D eigenvalue weighted by Gasteiger charge is -2.31. The van der Waals surface area contributed by atoms with Gasteiger partial charge < -0.3 is 14.7 Å². The molecular weight excluding hydrogens is 438 g/mol. The Balaban J connectivity index is 1.93. The van der Waals surface area contributed by atoms with Crippen molar-refractivity contribution in [3.05, 3.63) is 69.2 Å². The summed E-state index contributed by atoms with van der Waals surface area (Å²) in [5, 5.41) is 12.1. The van der Waals surface area contributed by atoms with Gasteiger partial charge in [-0.2, -0.15) is 0 Å². The number of aryl methyl sites for hydroxylation is 1.